The number of halogens is 1. The van der Waals surface area contributed by atoms with Crippen LogP contribution in [0.1, 0.15) is 36.3 Å². The standard InChI is InChI=1S/C23H24FNO3S/c1-15(18-8-5-7-11-22(18)27-3)12-17(26)13-29-14-21-16(2)28-23(25-21)19-9-4-6-10-20(19)24/h4-11,15H,12-14H2,1-3H3. The molecule has 0 radical (unpaired) electrons. The van der Waals surface area contributed by atoms with Crippen LogP contribution in [0.3, 0.4) is 0 Å². The third kappa shape index (κ3) is 5.26. The van der Waals surface area contributed by atoms with Crippen molar-refractivity contribution in [3.8, 4) is 17.2 Å². The molecule has 29 heavy (non-hydrogen) atoms. The van der Waals surface area contributed by atoms with E-state index < -0.39 is 0 Å². The minimum Gasteiger partial charge on any atom is -0.496 e. The van der Waals surface area contributed by atoms with E-state index in [-0.39, 0.29) is 23.4 Å². The molecule has 2 aromatic carbocycles. The lowest BCUT2D eigenvalue weighted by Gasteiger charge is -2.14. The molecule has 0 aliphatic heterocycles. The molecule has 0 saturated carbocycles. The molecule has 0 saturated heterocycles. The highest BCUT2D eigenvalue weighted by molar-refractivity contribution is 7.99. The van der Waals surface area contributed by atoms with Crippen molar-refractivity contribution >= 4 is 17.5 Å². The number of aryl methyl sites for hydroxylation is 1. The van der Waals surface area contributed by atoms with Crippen molar-refractivity contribution in [3.63, 3.8) is 0 Å². The molecule has 0 N–H and O–H groups in total. The van der Waals surface area contributed by atoms with Gasteiger partial charge in [-0.25, -0.2) is 9.37 Å². The number of rotatable bonds is 9. The average molecular weight is 414 g/mol. The number of hydrogen-bond donors (Lipinski definition) is 0. The first-order valence-corrected chi connectivity index (χ1v) is 10.6. The van der Waals surface area contributed by atoms with Crippen LogP contribution in [0.25, 0.3) is 11.5 Å². The SMILES string of the molecule is COc1ccccc1C(C)CC(=O)CSCc1nc(-c2ccccc2F)oc1C. The Bertz CT molecular complexity index is 986. The van der Waals surface area contributed by atoms with Gasteiger partial charge in [0, 0.05) is 12.2 Å². The smallest absolute Gasteiger partial charge is 0.229 e. The van der Waals surface area contributed by atoms with E-state index in [9.17, 15) is 9.18 Å². The molecule has 3 rings (SSSR count). The van der Waals surface area contributed by atoms with E-state index in [1.54, 1.807) is 32.2 Å². The monoisotopic (exact) mass is 413 g/mol. The van der Waals surface area contributed by atoms with Gasteiger partial charge in [0.05, 0.1) is 24.1 Å². The minimum atomic E-state index is -0.367. The molecule has 4 nitrogen and oxygen atoms in total. The van der Waals surface area contributed by atoms with E-state index in [2.05, 4.69) is 4.98 Å². The number of Topliss-reactive ketones (excluding diaryl/α,β-unsaturated/α-hetero) is 1. The molecular weight excluding hydrogens is 389 g/mol. The van der Waals surface area contributed by atoms with Crippen LogP contribution < -0.4 is 4.74 Å². The number of aromatic nitrogens is 1. The third-order valence-corrected chi connectivity index (χ3v) is 5.71. The topological polar surface area (TPSA) is 52.3 Å². The summed E-state index contributed by atoms with van der Waals surface area (Å²) in [4.78, 5) is 16.8. The van der Waals surface area contributed by atoms with Crippen molar-refractivity contribution in [2.75, 3.05) is 12.9 Å². The number of hydrogen-bond acceptors (Lipinski definition) is 5. The molecule has 0 aliphatic carbocycles. The number of ketones is 1. The zero-order valence-corrected chi connectivity index (χ0v) is 17.6. The van der Waals surface area contributed by atoms with Gasteiger partial charge >= 0.3 is 0 Å². The summed E-state index contributed by atoms with van der Waals surface area (Å²) in [5.74, 6) is 2.54. The van der Waals surface area contributed by atoms with E-state index in [1.807, 2.05) is 31.2 Å². The molecule has 0 amide bonds. The number of thioether (sulfide) groups is 1. The van der Waals surface area contributed by atoms with Crippen LogP contribution in [0.15, 0.2) is 52.9 Å². The van der Waals surface area contributed by atoms with Crippen LogP contribution in [0.2, 0.25) is 0 Å². The largest absolute Gasteiger partial charge is 0.496 e. The van der Waals surface area contributed by atoms with Crippen molar-refractivity contribution in [1.29, 1.82) is 0 Å². The molecule has 0 aliphatic rings. The first-order chi connectivity index (χ1) is 14.0. The summed E-state index contributed by atoms with van der Waals surface area (Å²) in [6, 6.07) is 14.2. The number of benzene rings is 2. The Kier molecular flexibility index (Phi) is 7.09. The number of carbonyl (C=O) groups is 1. The summed E-state index contributed by atoms with van der Waals surface area (Å²) >= 11 is 1.49. The van der Waals surface area contributed by atoms with Crippen LogP contribution in [0, 0.1) is 12.7 Å². The summed E-state index contributed by atoms with van der Waals surface area (Å²) in [5.41, 5.74) is 2.11. The fourth-order valence-corrected chi connectivity index (χ4v) is 4.07. The molecule has 1 heterocycles. The van der Waals surface area contributed by atoms with E-state index in [0.29, 0.717) is 29.3 Å². The maximum atomic E-state index is 13.9. The zero-order chi connectivity index (χ0) is 20.8. The Hall–Kier alpha value is -2.60. The molecule has 0 fully saturated rings. The lowest BCUT2D eigenvalue weighted by Crippen LogP contribution is -2.08. The quantitative estimate of drug-likeness (QED) is 0.444. The van der Waals surface area contributed by atoms with Gasteiger partial charge in [-0.05, 0) is 36.6 Å². The maximum absolute atomic E-state index is 13.9. The van der Waals surface area contributed by atoms with Gasteiger partial charge in [0.15, 0.2) is 0 Å². The Labute approximate surface area is 174 Å². The number of para-hydroxylation sites is 1. The number of oxazole rings is 1. The molecule has 0 spiro atoms. The van der Waals surface area contributed by atoms with Crippen molar-refractivity contribution in [2.24, 2.45) is 0 Å². The molecule has 6 heteroatoms. The van der Waals surface area contributed by atoms with Gasteiger partial charge in [-0.2, -0.15) is 0 Å². The van der Waals surface area contributed by atoms with Crippen molar-refractivity contribution in [2.45, 2.75) is 31.9 Å². The summed E-state index contributed by atoms with van der Waals surface area (Å²) in [7, 11) is 1.64. The summed E-state index contributed by atoms with van der Waals surface area (Å²) in [6.45, 7) is 3.84. The van der Waals surface area contributed by atoms with Gasteiger partial charge < -0.3 is 9.15 Å². The number of carbonyl (C=O) groups excluding carboxylic acids is 1. The zero-order valence-electron chi connectivity index (χ0n) is 16.8. The Morgan fingerprint density at radius 3 is 2.69 bits per heavy atom. The molecule has 1 unspecified atom stereocenters. The second-order valence-corrected chi connectivity index (χ2v) is 7.87. The molecule has 1 aromatic heterocycles. The van der Waals surface area contributed by atoms with Gasteiger partial charge in [-0.3, -0.25) is 4.79 Å². The van der Waals surface area contributed by atoms with E-state index in [1.165, 1.54) is 17.8 Å². The lowest BCUT2D eigenvalue weighted by atomic mass is 9.95. The minimum absolute atomic E-state index is 0.0840. The van der Waals surface area contributed by atoms with Gasteiger partial charge in [0.1, 0.15) is 23.1 Å². The maximum Gasteiger partial charge on any atom is 0.229 e. The average Bonchev–Trinajstić information content (AvgIpc) is 3.08. The second-order valence-electron chi connectivity index (χ2n) is 6.88. The summed E-state index contributed by atoms with van der Waals surface area (Å²) in [5, 5.41) is 0. The van der Waals surface area contributed by atoms with Crippen molar-refractivity contribution in [3.05, 3.63) is 71.4 Å². The van der Waals surface area contributed by atoms with Gasteiger partial charge in [-0.1, -0.05) is 37.3 Å². The Morgan fingerprint density at radius 1 is 1.21 bits per heavy atom. The lowest BCUT2D eigenvalue weighted by molar-refractivity contribution is -0.116. The summed E-state index contributed by atoms with van der Waals surface area (Å²) in [6.07, 6.45) is 0.450. The van der Waals surface area contributed by atoms with Crippen LogP contribution in [-0.2, 0) is 10.5 Å². The van der Waals surface area contributed by atoms with Crippen LogP contribution in [0.4, 0.5) is 4.39 Å². The Balaban J connectivity index is 1.55. The molecule has 1 atom stereocenters. The molecule has 0 bridgehead atoms. The number of methoxy groups -OCH3 is 1. The molecular formula is C23H24FNO3S. The normalized spacial score (nSPS) is 12.0. The fourth-order valence-electron chi connectivity index (χ4n) is 3.16. The van der Waals surface area contributed by atoms with Gasteiger partial charge in [-0.15, -0.1) is 11.8 Å². The first-order valence-electron chi connectivity index (χ1n) is 9.43. The van der Waals surface area contributed by atoms with Crippen LogP contribution >= 0.6 is 11.8 Å². The highest BCUT2D eigenvalue weighted by Crippen LogP contribution is 2.30. The van der Waals surface area contributed by atoms with Crippen LogP contribution in [0.5, 0.6) is 5.75 Å². The van der Waals surface area contributed by atoms with Crippen LogP contribution in [-0.4, -0.2) is 23.6 Å². The van der Waals surface area contributed by atoms with E-state index in [0.717, 1.165) is 17.0 Å². The summed E-state index contributed by atoms with van der Waals surface area (Å²) < 4.78 is 24.9. The Morgan fingerprint density at radius 2 is 1.93 bits per heavy atom. The number of nitrogens with zero attached hydrogens (tertiary/aromatic N) is 1. The predicted molar refractivity (Wildman–Crippen MR) is 114 cm³/mol. The predicted octanol–water partition coefficient (Wildman–Crippen LogP) is 5.79. The highest BCUT2D eigenvalue weighted by Gasteiger charge is 2.17. The second kappa shape index (κ2) is 9.74. The fraction of sp³-hybridized carbons (Fsp3) is 0.304. The first kappa shape index (κ1) is 21.1. The van der Waals surface area contributed by atoms with Crippen molar-refractivity contribution < 1.29 is 18.3 Å². The van der Waals surface area contributed by atoms with E-state index >= 15 is 0 Å². The highest BCUT2D eigenvalue weighted by atomic mass is 32.2. The van der Waals surface area contributed by atoms with Gasteiger partial charge in [0.25, 0.3) is 0 Å². The van der Waals surface area contributed by atoms with Crippen molar-refractivity contribution in [1.82, 2.24) is 4.98 Å². The molecule has 3 aromatic rings. The number of ether oxygens (including phenoxy) is 1. The third-order valence-electron chi connectivity index (χ3n) is 4.70. The van der Waals surface area contributed by atoms with Gasteiger partial charge in [0.2, 0.25) is 5.89 Å². The van der Waals surface area contributed by atoms with E-state index in [4.69, 9.17) is 9.15 Å². The molecule has 152 valence electrons.